The molecule has 0 aromatic carbocycles. The normalized spacial score (nSPS) is 8.15. The molecule has 0 atom stereocenters. The Hall–Kier alpha value is -1.44. The molecule has 0 saturated carbocycles. The SMILES string of the molecule is C.C/C=C/C.CC(C)=C(C)C.CC(C)=C(C)C.CC(C)=C(C)C.CN=NC. The van der Waals surface area contributed by atoms with E-state index in [9.17, 15) is 0 Å². The molecular formula is C25H54N2. The molecule has 0 bridgehead atoms. The van der Waals surface area contributed by atoms with Gasteiger partial charge in [0.2, 0.25) is 0 Å². The molecule has 0 aromatic heterocycles. The van der Waals surface area contributed by atoms with Gasteiger partial charge in [-0.05, 0) is 96.9 Å². The highest BCUT2D eigenvalue weighted by atomic mass is 15.0. The molecule has 0 aliphatic rings. The largest absolute Gasteiger partial charge is 0.198 e. The summed E-state index contributed by atoms with van der Waals surface area (Å²) in [6.45, 7) is 29.4. The first kappa shape index (κ1) is 40.3. The van der Waals surface area contributed by atoms with Crippen molar-refractivity contribution in [1.29, 1.82) is 0 Å². The first-order chi connectivity index (χ1) is 11.8. The molecule has 2 heteroatoms. The molecule has 0 aliphatic heterocycles. The van der Waals surface area contributed by atoms with E-state index < -0.39 is 0 Å². The average molecular weight is 383 g/mol. The molecule has 0 saturated heterocycles. The Morgan fingerprint density at radius 2 is 0.519 bits per heavy atom. The van der Waals surface area contributed by atoms with E-state index in [4.69, 9.17) is 0 Å². The number of allylic oxidation sites excluding steroid dienone is 8. The van der Waals surface area contributed by atoms with Crippen LogP contribution in [0.3, 0.4) is 0 Å². The molecule has 0 unspecified atom stereocenters. The number of azo groups is 1. The van der Waals surface area contributed by atoms with Crippen molar-refractivity contribution >= 4 is 0 Å². The Balaban J connectivity index is -0.0000000512. The van der Waals surface area contributed by atoms with Gasteiger partial charge in [-0.15, -0.1) is 0 Å². The zero-order chi connectivity index (χ0) is 22.3. The van der Waals surface area contributed by atoms with Gasteiger partial charge in [-0.1, -0.05) is 53.0 Å². The minimum atomic E-state index is 0. The molecule has 0 rings (SSSR count). The van der Waals surface area contributed by atoms with Crippen LogP contribution >= 0.6 is 0 Å². The van der Waals surface area contributed by atoms with E-state index in [1.165, 1.54) is 33.4 Å². The Morgan fingerprint density at radius 3 is 0.519 bits per heavy atom. The van der Waals surface area contributed by atoms with Crippen molar-refractivity contribution in [2.24, 2.45) is 10.2 Å². The van der Waals surface area contributed by atoms with E-state index in [-0.39, 0.29) is 7.43 Å². The van der Waals surface area contributed by atoms with Crippen molar-refractivity contribution < 1.29 is 0 Å². The van der Waals surface area contributed by atoms with Crippen molar-refractivity contribution in [3.8, 4) is 0 Å². The van der Waals surface area contributed by atoms with Crippen LogP contribution in [-0.4, -0.2) is 14.1 Å². The molecule has 0 aliphatic carbocycles. The van der Waals surface area contributed by atoms with Crippen LogP contribution in [0.15, 0.2) is 55.8 Å². The van der Waals surface area contributed by atoms with Crippen LogP contribution < -0.4 is 0 Å². The van der Waals surface area contributed by atoms with Gasteiger partial charge in [0.25, 0.3) is 0 Å². The third-order valence-electron chi connectivity index (χ3n) is 3.53. The lowest BCUT2D eigenvalue weighted by atomic mass is 10.2. The highest BCUT2D eigenvalue weighted by Gasteiger charge is 1.76. The highest BCUT2D eigenvalue weighted by Crippen LogP contribution is 1.98. The standard InChI is InChI=1S/3C6H12.C4H8.C2H6N2.CH4/c3*1-5(2)6(3)4;2*1-3-4-2;/h3*1-4H3;3-4H,1-2H3;1-2H3;1H4/b;;;4-3+;;. The van der Waals surface area contributed by atoms with Crippen LogP contribution in [0.25, 0.3) is 0 Å². The van der Waals surface area contributed by atoms with E-state index in [2.05, 4.69) is 93.3 Å². The quantitative estimate of drug-likeness (QED) is 0.294. The minimum absolute atomic E-state index is 0. The van der Waals surface area contributed by atoms with Crippen LogP contribution in [0, 0.1) is 0 Å². The molecule has 0 heterocycles. The first-order valence-corrected chi connectivity index (χ1v) is 9.33. The first-order valence-electron chi connectivity index (χ1n) is 9.33. The monoisotopic (exact) mass is 382 g/mol. The second-order valence-corrected chi connectivity index (χ2v) is 7.07. The van der Waals surface area contributed by atoms with Gasteiger partial charge < -0.3 is 0 Å². The number of hydrogen-bond donors (Lipinski definition) is 0. The summed E-state index contributed by atoms with van der Waals surface area (Å²) in [6, 6.07) is 0. The van der Waals surface area contributed by atoms with Gasteiger partial charge in [-0.25, -0.2) is 0 Å². The van der Waals surface area contributed by atoms with Crippen LogP contribution in [0.2, 0.25) is 0 Å². The molecule has 0 amide bonds. The second kappa shape index (κ2) is 32.3. The zero-order valence-electron chi connectivity index (χ0n) is 21.0. The Kier molecular flexibility index (Phi) is 48.1. The smallest absolute Gasteiger partial charge is 0.0487 e. The molecule has 2 nitrogen and oxygen atoms in total. The summed E-state index contributed by atoms with van der Waals surface area (Å²) in [5.74, 6) is 0. The molecule has 0 aromatic rings. The van der Waals surface area contributed by atoms with Crippen molar-refractivity contribution in [3.05, 3.63) is 45.6 Å². The molecule has 0 N–H and O–H groups in total. The Morgan fingerprint density at radius 1 is 0.407 bits per heavy atom. The topological polar surface area (TPSA) is 24.7 Å². The van der Waals surface area contributed by atoms with Gasteiger partial charge in [-0.3, -0.25) is 0 Å². The van der Waals surface area contributed by atoms with Crippen LogP contribution in [0.5, 0.6) is 0 Å². The van der Waals surface area contributed by atoms with Crippen molar-refractivity contribution in [3.63, 3.8) is 0 Å². The van der Waals surface area contributed by atoms with E-state index in [1.54, 1.807) is 14.1 Å². The highest BCUT2D eigenvalue weighted by molar-refractivity contribution is 5.03. The lowest BCUT2D eigenvalue weighted by Crippen LogP contribution is -1.66. The zero-order valence-corrected chi connectivity index (χ0v) is 21.0. The van der Waals surface area contributed by atoms with Gasteiger partial charge >= 0.3 is 0 Å². The lowest BCUT2D eigenvalue weighted by molar-refractivity contribution is 1.11. The van der Waals surface area contributed by atoms with E-state index in [0.717, 1.165) is 0 Å². The van der Waals surface area contributed by atoms with Crippen LogP contribution in [0.4, 0.5) is 0 Å². The molecular weight excluding hydrogens is 328 g/mol. The molecule has 164 valence electrons. The van der Waals surface area contributed by atoms with E-state index in [1.807, 2.05) is 26.0 Å². The maximum absolute atomic E-state index is 3.36. The Labute approximate surface area is 174 Å². The predicted octanol–water partition coefficient (Wildman–Crippen LogP) is 10.0. The maximum Gasteiger partial charge on any atom is 0.0487 e. The van der Waals surface area contributed by atoms with Gasteiger partial charge in [-0.2, -0.15) is 10.2 Å². The van der Waals surface area contributed by atoms with Gasteiger partial charge in [0.05, 0.1) is 0 Å². The molecule has 27 heavy (non-hydrogen) atoms. The van der Waals surface area contributed by atoms with Gasteiger partial charge in [0.15, 0.2) is 0 Å². The Bertz CT molecular complexity index is 321. The maximum atomic E-state index is 3.36. The predicted molar refractivity (Wildman–Crippen MR) is 133 cm³/mol. The van der Waals surface area contributed by atoms with Crippen molar-refractivity contribution in [2.45, 2.75) is 104 Å². The second-order valence-electron chi connectivity index (χ2n) is 7.07. The molecule has 0 radical (unpaired) electrons. The fourth-order valence-electron chi connectivity index (χ4n) is 0. The van der Waals surface area contributed by atoms with Crippen molar-refractivity contribution in [2.75, 3.05) is 14.1 Å². The van der Waals surface area contributed by atoms with Crippen molar-refractivity contribution in [1.82, 2.24) is 0 Å². The number of hydrogen-bond acceptors (Lipinski definition) is 2. The number of nitrogens with zero attached hydrogens (tertiary/aromatic N) is 2. The van der Waals surface area contributed by atoms with Gasteiger partial charge in [0.1, 0.15) is 0 Å². The summed E-state index contributed by atoms with van der Waals surface area (Å²) in [5.41, 5.74) is 8.56. The third kappa shape index (κ3) is 79.2. The average Bonchev–Trinajstić information content (AvgIpc) is 2.56. The fraction of sp³-hybridized carbons (Fsp3) is 0.680. The third-order valence-corrected chi connectivity index (χ3v) is 3.53. The van der Waals surface area contributed by atoms with E-state index in [0.29, 0.717) is 0 Å². The molecule has 0 spiro atoms. The van der Waals surface area contributed by atoms with E-state index >= 15 is 0 Å². The summed E-state index contributed by atoms with van der Waals surface area (Å²) in [4.78, 5) is 0. The lowest BCUT2D eigenvalue weighted by Gasteiger charge is -1.88. The summed E-state index contributed by atoms with van der Waals surface area (Å²) in [6.07, 6.45) is 4.00. The summed E-state index contributed by atoms with van der Waals surface area (Å²) in [7, 11) is 3.28. The number of rotatable bonds is 0. The summed E-state index contributed by atoms with van der Waals surface area (Å²) in [5, 5.41) is 6.72. The molecule has 0 fully saturated rings. The fourth-order valence-corrected chi connectivity index (χ4v) is 0. The summed E-state index contributed by atoms with van der Waals surface area (Å²) < 4.78 is 0. The van der Waals surface area contributed by atoms with Gasteiger partial charge in [0, 0.05) is 14.1 Å². The minimum Gasteiger partial charge on any atom is -0.198 e. The summed E-state index contributed by atoms with van der Waals surface area (Å²) >= 11 is 0. The van der Waals surface area contributed by atoms with Crippen LogP contribution in [0.1, 0.15) is 104 Å². The van der Waals surface area contributed by atoms with Crippen LogP contribution in [-0.2, 0) is 0 Å².